The van der Waals surface area contributed by atoms with Gasteiger partial charge in [-0.25, -0.2) is 0 Å². The molecule has 0 aliphatic rings. The van der Waals surface area contributed by atoms with Crippen LogP contribution < -0.4 is 0 Å². The van der Waals surface area contributed by atoms with Crippen molar-refractivity contribution in [2.75, 3.05) is 7.11 Å². The Balaban J connectivity index is 3.46. The van der Waals surface area contributed by atoms with Crippen LogP contribution in [0.25, 0.3) is 0 Å². The zero-order chi connectivity index (χ0) is 8.20. The third kappa shape index (κ3) is 6.18. The molecule has 5 heteroatoms. The van der Waals surface area contributed by atoms with E-state index in [2.05, 4.69) is 4.74 Å². The molecule has 60 valence electrons. The van der Waals surface area contributed by atoms with E-state index in [1.807, 2.05) is 0 Å². The Kier molecular flexibility index (Phi) is 4.07. The molecule has 0 bridgehead atoms. The summed E-state index contributed by atoms with van der Waals surface area (Å²) in [5.74, 6) is -0.601. The highest BCUT2D eigenvalue weighted by atomic mass is 127. The van der Waals surface area contributed by atoms with Gasteiger partial charge in [0, 0.05) is 6.42 Å². The van der Waals surface area contributed by atoms with Crippen LogP contribution in [0.2, 0.25) is 0 Å². The van der Waals surface area contributed by atoms with Gasteiger partial charge in [-0.05, 0) is 22.6 Å². The minimum atomic E-state index is -2.80. The fourth-order valence-electron chi connectivity index (χ4n) is 0.346. The second-order valence-corrected chi connectivity index (χ2v) is 3.27. The third-order valence-corrected chi connectivity index (χ3v) is 1.38. The van der Waals surface area contributed by atoms with Gasteiger partial charge in [0.05, 0.1) is 13.5 Å². The fraction of sp³-hybridized carbons (Fsp3) is 0.800. The molecule has 0 aromatic rings. The van der Waals surface area contributed by atoms with Gasteiger partial charge in [0.1, 0.15) is 0 Å². The summed E-state index contributed by atoms with van der Waals surface area (Å²) in [7, 11) is 1.17. The molecule has 0 saturated carbocycles. The first kappa shape index (κ1) is 10.1. The number of hydrogen-bond acceptors (Lipinski definition) is 2. The first-order valence-electron chi connectivity index (χ1n) is 2.59. The molecular formula is C5H7F2IO2. The third-order valence-electron chi connectivity index (χ3n) is 0.840. The standard InChI is InChI=1S/C5H7F2IO2/c1-10-4(9)2-3-5(6,7)8/h2-3H2,1H3. The zero-order valence-corrected chi connectivity index (χ0v) is 7.52. The van der Waals surface area contributed by atoms with Gasteiger partial charge in [-0.2, -0.15) is 8.78 Å². The quantitative estimate of drug-likeness (QED) is 0.442. The summed E-state index contributed by atoms with van der Waals surface area (Å²) in [6.07, 6.45) is -0.688. The van der Waals surface area contributed by atoms with Crippen molar-refractivity contribution in [2.24, 2.45) is 0 Å². The number of rotatable bonds is 3. The number of methoxy groups -OCH3 is 1. The fourth-order valence-corrected chi connectivity index (χ4v) is 0.616. The maximum absolute atomic E-state index is 12.0. The Morgan fingerprint density at radius 1 is 1.70 bits per heavy atom. The van der Waals surface area contributed by atoms with Crippen molar-refractivity contribution < 1.29 is 18.3 Å². The molecule has 0 amide bonds. The van der Waals surface area contributed by atoms with Gasteiger partial charge in [-0.1, -0.05) is 0 Å². The van der Waals surface area contributed by atoms with Crippen molar-refractivity contribution in [3.05, 3.63) is 0 Å². The first-order valence-corrected chi connectivity index (χ1v) is 3.67. The molecule has 0 aliphatic carbocycles. The number of esters is 1. The summed E-state index contributed by atoms with van der Waals surface area (Å²) < 4.78 is 25.4. The molecule has 0 heterocycles. The highest BCUT2D eigenvalue weighted by Gasteiger charge is 2.24. The molecule has 0 spiro atoms. The van der Waals surface area contributed by atoms with Gasteiger partial charge in [-0.15, -0.1) is 0 Å². The van der Waals surface area contributed by atoms with E-state index < -0.39 is 16.3 Å². The summed E-state index contributed by atoms with van der Waals surface area (Å²) in [5, 5.41) is 0. The predicted octanol–water partition coefficient (Wildman–Crippen LogP) is 1.97. The Labute approximate surface area is 71.1 Å². The van der Waals surface area contributed by atoms with Crippen molar-refractivity contribution in [3.63, 3.8) is 0 Å². The van der Waals surface area contributed by atoms with E-state index in [0.29, 0.717) is 0 Å². The van der Waals surface area contributed by atoms with Crippen LogP contribution in [0.3, 0.4) is 0 Å². The number of carbonyl (C=O) groups excluding carboxylic acids is 1. The van der Waals surface area contributed by atoms with Crippen molar-refractivity contribution in [1.82, 2.24) is 0 Å². The van der Waals surface area contributed by atoms with Crippen LogP contribution in [0.4, 0.5) is 8.78 Å². The molecule has 0 fully saturated rings. The van der Waals surface area contributed by atoms with Gasteiger partial charge in [0.2, 0.25) is 0 Å². The van der Waals surface area contributed by atoms with Gasteiger partial charge in [-0.3, -0.25) is 4.79 Å². The lowest BCUT2D eigenvalue weighted by Gasteiger charge is -2.05. The molecule has 0 N–H and O–H groups in total. The van der Waals surface area contributed by atoms with Crippen molar-refractivity contribution in [1.29, 1.82) is 0 Å². The molecule has 2 nitrogen and oxygen atoms in total. The Hall–Kier alpha value is 0.0600. The van der Waals surface area contributed by atoms with E-state index in [1.54, 1.807) is 0 Å². The van der Waals surface area contributed by atoms with Crippen LogP contribution in [0.5, 0.6) is 0 Å². The highest BCUT2D eigenvalue weighted by molar-refractivity contribution is 14.1. The molecule has 0 aromatic carbocycles. The number of ether oxygens (including phenoxy) is 1. The van der Waals surface area contributed by atoms with Crippen molar-refractivity contribution in [3.8, 4) is 0 Å². The molecule has 0 aliphatic heterocycles. The average molecular weight is 264 g/mol. The van der Waals surface area contributed by atoms with Crippen LogP contribution in [0, 0.1) is 0 Å². The predicted molar refractivity (Wildman–Crippen MR) is 40.2 cm³/mol. The van der Waals surface area contributed by atoms with Crippen molar-refractivity contribution >= 4 is 28.6 Å². The van der Waals surface area contributed by atoms with E-state index in [-0.39, 0.29) is 6.42 Å². The molecule has 0 rings (SSSR count). The van der Waals surface area contributed by atoms with Crippen LogP contribution in [-0.2, 0) is 9.53 Å². The Morgan fingerprint density at radius 3 is 2.50 bits per heavy atom. The van der Waals surface area contributed by atoms with Crippen LogP contribution in [0.15, 0.2) is 0 Å². The van der Waals surface area contributed by atoms with Gasteiger partial charge in [0.15, 0.2) is 0 Å². The number of alkyl halides is 3. The van der Waals surface area contributed by atoms with Crippen molar-refractivity contribution in [2.45, 2.75) is 16.8 Å². The van der Waals surface area contributed by atoms with Gasteiger partial charge < -0.3 is 4.74 Å². The second-order valence-electron chi connectivity index (χ2n) is 1.69. The SMILES string of the molecule is COC(=O)CCC(F)(F)I. The Morgan fingerprint density at radius 2 is 2.20 bits per heavy atom. The van der Waals surface area contributed by atoms with Crippen LogP contribution >= 0.6 is 22.6 Å². The normalized spacial score (nSPS) is 11.2. The summed E-state index contributed by atoms with van der Waals surface area (Å²) in [4.78, 5) is 10.3. The summed E-state index contributed by atoms with van der Waals surface area (Å²) in [6.45, 7) is 0. The minimum absolute atomic E-state index is 0.230. The number of hydrogen-bond donors (Lipinski definition) is 0. The van der Waals surface area contributed by atoms with Gasteiger partial charge in [0.25, 0.3) is 3.93 Å². The molecule has 0 saturated heterocycles. The number of halogens is 3. The number of carbonyl (C=O) groups is 1. The second kappa shape index (κ2) is 4.05. The molecule has 10 heavy (non-hydrogen) atoms. The van der Waals surface area contributed by atoms with E-state index in [9.17, 15) is 13.6 Å². The monoisotopic (exact) mass is 264 g/mol. The molecule has 0 aromatic heterocycles. The maximum atomic E-state index is 12.0. The summed E-state index contributed by atoms with van der Waals surface area (Å²) >= 11 is 0.985. The molecule has 0 atom stereocenters. The molecular weight excluding hydrogens is 257 g/mol. The van der Waals surface area contributed by atoms with Gasteiger partial charge >= 0.3 is 5.97 Å². The maximum Gasteiger partial charge on any atom is 0.305 e. The summed E-state index contributed by atoms with van der Waals surface area (Å²) in [5.41, 5.74) is 0. The first-order chi connectivity index (χ1) is 4.45. The smallest absolute Gasteiger partial charge is 0.305 e. The minimum Gasteiger partial charge on any atom is -0.469 e. The lowest BCUT2D eigenvalue weighted by molar-refractivity contribution is -0.141. The van der Waals surface area contributed by atoms with E-state index in [0.717, 1.165) is 22.6 Å². The lowest BCUT2D eigenvalue weighted by Crippen LogP contribution is -2.09. The largest absolute Gasteiger partial charge is 0.469 e. The van der Waals surface area contributed by atoms with Crippen LogP contribution in [0.1, 0.15) is 12.8 Å². The molecule has 0 radical (unpaired) electrons. The lowest BCUT2D eigenvalue weighted by atomic mass is 10.3. The van der Waals surface area contributed by atoms with Crippen LogP contribution in [-0.4, -0.2) is 17.0 Å². The van der Waals surface area contributed by atoms with E-state index >= 15 is 0 Å². The van der Waals surface area contributed by atoms with E-state index in [4.69, 9.17) is 0 Å². The highest BCUT2D eigenvalue weighted by Crippen LogP contribution is 2.27. The average Bonchev–Trinajstić information content (AvgIpc) is 1.81. The zero-order valence-electron chi connectivity index (χ0n) is 5.36. The topological polar surface area (TPSA) is 26.3 Å². The molecule has 0 unspecified atom stereocenters. The summed E-state index contributed by atoms with van der Waals surface area (Å²) in [6, 6.07) is 0. The Bertz CT molecular complexity index is 121. The van der Waals surface area contributed by atoms with E-state index in [1.165, 1.54) is 7.11 Å².